The van der Waals surface area contributed by atoms with Crippen LogP contribution in [0.5, 0.6) is 0 Å². The van der Waals surface area contributed by atoms with E-state index in [1.54, 1.807) is 23.3 Å². The molecule has 3 aromatic heterocycles. The maximum Gasteiger partial charge on any atom is 0.265 e. The molecule has 130 valence electrons. The largest absolute Gasteiger partial charge is 0.338 e. The van der Waals surface area contributed by atoms with E-state index < -0.39 is 0 Å². The summed E-state index contributed by atoms with van der Waals surface area (Å²) in [7, 11) is 1.87. The van der Waals surface area contributed by atoms with E-state index in [-0.39, 0.29) is 5.91 Å². The fourth-order valence-corrected chi connectivity index (χ4v) is 3.97. The Morgan fingerprint density at radius 1 is 1.32 bits per heavy atom. The highest BCUT2D eigenvalue weighted by Crippen LogP contribution is 2.27. The van der Waals surface area contributed by atoms with Crippen molar-refractivity contribution in [3.8, 4) is 10.6 Å². The lowest BCUT2D eigenvalue weighted by molar-refractivity contribution is 0.0685. The SMILES string of the molecule is Cn1cc(-c2ncc(C(=O)N3CCC(Cn4ccnn4)CC3)s2)cn1. The second kappa shape index (κ2) is 6.75. The molecule has 0 aliphatic carbocycles. The summed E-state index contributed by atoms with van der Waals surface area (Å²) in [5.41, 5.74) is 0.943. The van der Waals surface area contributed by atoms with Gasteiger partial charge >= 0.3 is 0 Å². The summed E-state index contributed by atoms with van der Waals surface area (Å²) >= 11 is 1.43. The number of carbonyl (C=O) groups is 1. The van der Waals surface area contributed by atoms with E-state index in [1.807, 2.05) is 29.0 Å². The van der Waals surface area contributed by atoms with E-state index in [0.29, 0.717) is 10.8 Å². The molecule has 4 heterocycles. The van der Waals surface area contributed by atoms with Crippen molar-refractivity contribution in [3.63, 3.8) is 0 Å². The van der Waals surface area contributed by atoms with E-state index in [0.717, 1.165) is 43.0 Å². The van der Waals surface area contributed by atoms with Crippen molar-refractivity contribution >= 4 is 17.2 Å². The van der Waals surface area contributed by atoms with E-state index >= 15 is 0 Å². The van der Waals surface area contributed by atoms with Gasteiger partial charge in [0.25, 0.3) is 5.91 Å². The monoisotopic (exact) mass is 357 g/mol. The zero-order valence-corrected chi connectivity index (χ0v) is 14.8. The first kappa shape index (κ1) is 15.9. The highest BCUT2D eigenvalue weighted by molar-refractivity contribution is 7.16. The van der Waals surface area contributed by atoms with Crippen molar-refractivity contribution in [1.29, 1.82) is 0 Å². The van der Waals surface area contributed by atoms with Crippen LogP contribution < -0.4 is 0 Å². The molecule has 0 N–H and O–H groups in total. The van der Waals surface area contributed by atoms with Crippen LogP contribution in [0.4, 0.5) is 0 Å². The molecule has 8 nitrogen and oxygen atoms in total. The molecule has 4 rings (SSSR count). The Morgan fingerprint density at radius 3 is 2.84 bits per heavy atom. The molecule has 0 bridgehead atoms. The maximum absolute atomic E-state index is 12.7. The fraction of sp³-hybridized carbons (Fsp3) is 0.438. The molecular weight excluding hydrogens is 338 g/mol. The number of rotatable bonds is 4. The number of likely N-dealkylation sites (tertiary alicyclic amines) is 1. The third-order valence-electron chi connectivity index (χ3n) is 4.49. The normalized spacial score (nSPS) is 15.6. The maximum atomic E-state index is 12.7. The summed E-state index contributed by atoms with van der Waals surface area (Å²) in [5.74, 6) is 0.616. The van der Waals surface area contributed by atoms with Crippen molar-refractivity contribution < 1.29 is 4.79 Å². The molecule has 1 saturated heterocycles. The number of amides is 1. The van der Waals surface area contributed by atoms with Gasteiger partial charge in [-0.1, -0.05) is 5.21 Å². The number of thiazole rings is 1. The predicted molar refractivity (Wildman–Crippen MR) is 93.0 cm³/mol. The number of carbonyl (C=O) groups excluding carboxylic acids is 1. The van der Waals surface area contributed by atoms with Gasteiger partial charge in [0.1, 0.15) is 9.88 Å². The zero-order valence-electron chi connectivity index (χ0n) is 13.9. The van der Waals surface area contributed by atoms with Crippen molar-refractivity contribution in [1.82, 2.24) is 34.7 Å². The molecule has 0 saturated carbocycles. The van der Waals surface area contributed by atoms with Crippen molar-refractivity contribution in [2.24, 2.45) is 13.0 Å². The van der Waals surface area contributed by atoms with Crippen LogP contribution in [-0.4, -0.2) is 53.7 Å². The van der Waals surface area contributed by atoms with Crippen LogP contribution in [0, 0.1) is 5.92 Å². The minimum Gasteiger partial charge on any atom is -0.338 e. The van der Waals surface area contributed by atoms with Crippen LogP contribution >= 0.6 is 11.3 Å². The molecule has 25 heavy (non-hydrogen) atoms. The van der Waals surface area contributed by atoms with Crippen LogP contribution in [0.1, 0.15) is 22.5 Å². The van der Waals surface area contributed by atoms with Gasteiger partial charge in [-0.05, 0) is 18.8 Å². The molecule has 1 aliphatic heterocycles. The molecule has 0 unspecified atom stereocenters. The predicted octanol–water partition coefficient (Wildman–Crippen LogP) is 1.69. The van der Waals surface area contributed by atoms with Crippen LogP contribution in [0.3, 0.4) is 0 Å². The summed E-state index contributed by atoms with van der Waals surface area (Å²) in [6, 6.07) is 0. The Labute approximate surface area is 149 Å². The Balaban J connectivity index is 1.37. The topological polar surface area (TPSA) is 81.7 Å². The smallest absolute Gasteiger partial charge is 0.265 e. The zero-order chi connectivity index (χ0) is 17.2. The van der Waals surface area contributed by atoms with Gasteiger partial charge in [-0.25, -0.2) is 4.98 Å². The van der Waals surface area contributed by atoms with Gasteiger partial charge in [0.15, 0.2) is 0 Å². The quantitative estimate of drug-likeness (QED) is 0.710. The summed E-state index contributed by atoms with van der Waals surface area (Å²) in [6.45, 7) is 2.42. The second-order valence-corrected chi connectivity index (χ2v) is 7.32. The lowest BCUT2D eigenvalue weighted by Gasteiger charge is -2.31. The molecule has 0 radical (unpaired) electrons. The first-order chi connectivity index (χ1) is 12.2. The lowest BCUT2D eigenvalue weighted by atomic mass is 9.97. The van der Waals surface area contributed by atoms with Crippen LogP contribution in [-0.2, 0) is 13.6 Å². The van der Waals surface area contributed by atoms with Crippen molar-refractivity contribution in [2.45, 2.75) is 19.4 Å². The van der Waals surface area contributed by atoms with Gasteiger partial charge in [-0.2, -0.15) is 5.10 Å². The van der Waals surface area contributed by atoms with E-state index in [4.69, 9.17) is 0 Å². The standard InChI is InChI=1S/C16H19N7OS/c1-21-11-13(8-19-21)15-17-9-14(25-15)16(24)22-5-2-12(3-6-22)10-23-7-4-18-20-23/h4,7-9,11-12H,2-3,5-6,10H2,1H3. The van der Waals surface area contributed by atoms with Crippen molar-refractivity contribution in [2.75, 3.05) is 13.1 Å². The Bertz CT molecular complexity index is 846. The number of hydrogen-bond donors (Lipinski definition) is 0. The van der Waals surface area contributed by atoms with Crippen LogP contribution in [0.25, 0.3) is 10.6 Å². The van der Waals surface area contributed by atoms with Gasteiger partial charge in [-0.15, -0.1) is 16.4 Å². The molecular formula is C16H19N7OS. The Kier molecular flexibility index (Phi) is 4.31. The molecule has 1 amide bonds. The molecule has 3 aromatic rings. The van der Waals surface area contributed by atoms with Gasteiger partial charge in [0.05, 0.1) is 18.6 Å². The van der Waals surface area contributed by atoms with Gasteiger partial charge in [0, 0.05) is 44.6 Å². The van der Waals surface area contributed by atoms with Gasteiger partial charge < -0.3 is 4.90 Å². The van der Waals surface area contributed by atoms with Crippen LogP contribution in [0.2, 0.25) is 0 Å². The molecule has 1 fully saturated rings. The third kappa shape index (κ3) is 3.46. The second-order valence-electron chi connectivity index (χ2n) is 6.29. The average molecular weight is 357 g/mol. The molecule has 9 heteroatoms. The third-order valence-corrected chi connectivity index (χ3v) is 5.52. The summed E-state index contributed by atoms with van der Waals surface area (Å²) in [6.07, 6.45) is 10.9. The minimum atomic E-state index is 0.0758. The minimum absolute atomic E-state index is 0.0758. The Hall–Kier alpha value is -2.55. The first-order valence-corrected chi connectivity index (χ1v) is 9.09. The number of hydrogen-bond acceptors (Lipinski definition) is 6. The van der Waals surface area contributed by atoms with Gasteiger partial charge in [-0.3, -0.25) is 14.2 Å². The fourth-order valence-electron chi connectivity index (χ4n) is 3.11. The van der Waals surface area contributed by atoms with E-state index in [1.165, 1.54) is 11.3 Å². The summed E-state index contributed by atoms with van der Waals surface area (Å²) < 4.78 is 3.60. The summed E-state index contributed by atoms with van der Waals surface area (Å²) in [5, 5.41) is 12.8. The lowest BCUT2D eigenvalue weighted by Crippen LogP contribution is -2.39. The van der Waals surface area contributed by atoms with E-state index in [2.05, 4.69) is 20.4 Å². The Morgan fingerprint density at radius 2 is 2.16 bits per heavy atom. The number of piperidine rings is 1. The molecule has 0 spiro atoms. The van der Waals surface area contributed by atoms with Gasteiger partial charge in [0.2, 0.25) is 0 Å². The molecule has 0 atom stereocenters. The first-order valence-electron chi connectivity index (χ1n) is 8.27. The van der Waals surface area contributed by atoms with Crippen LogP contribution in [0.15, 0.2) is 31.0 Å². The average Bonchev–Trinajstić information content (AvgIpc) is 3.36. The molecule has 1 aliphatic rings. The number of aryl methyl sites for hydroxylation is 1. The highest BCUT2D eigenvalue weighted by atomic mass is 32.1. The molecule has 0 aromatic carbocycles. The summed E-state index contributed by atoms with van der Waals surface area (Å²) in [4.78, 5) is 19.7. The number of aromatic nitrogens is 6. The number of nitrogens with zero attached hydrogens (tertiary/aromatic N) is 7. The van der Waals surface area contributed by atoms with E-state index in [9.17, 15) is 4.79 Å². The highest BCUT2D eigenvalue weighted by Gasteiger charge is 2.25. The van der Waals surface area contributed by atoms with Crippen molar-refractivity contribution in [3.05, 3.63) is 35.9 Å².